The third-order valence-electron chi connectivity index (χ3n) is 4.62. The molecular weight excluding hydrogens is 318 g/mol. The first kappa shape index (κ1) is 17.2. The van der Waals surface area contributed by atoms with E-state index < -0.39 is 0 Å². The van der Waals surface area contributed by atoms with Gasteiger partial charge in [-0.2, -0.15) is 0 Å². The zero-order chi connectivity index (χ0) is 17.6. The van der Waals surface area contributed by atoms with Gasteiger partial charge in [0.1, 0.15) is 5.75 Å². The van der Waals surface area contributed by atoms with Crippen molar-refractivity contribution in [3.05, 3.63) is 64.1 Å². The Labute approximate surface area is 146 Å². The number of carbonyl (C=O) groups excluding carboxylic acids is 1. The summed E-state index contributed by atoms with van der Waals surface area (Å²) in [5, 5.41) is 12.5. The van der Waals surface area contributed by atoms with E-state index in [0.717, 1.165) is 38.0 Å². The summed E-state index contributed by atoms with van der Waals surface area (Å²) in [6, 6.07) is 10.3. The predicted molar refractivity (Wildman–Crippen MR) is 95.5 cm³/mol. The normalized spacial score (nSPS) is 15.8. The van der Waals surface area contributed by atoms with Gasteiger partial charge in [-0.3, -0.25) is 14.5 Å². The number of nitrogens with one attached hydrogen (secondary N) is 2. The van der Waals surface area contributed by atoms with Gasteiger partial charge in [0.25, 0.3) is 5.91 Å². The Hall–Kier alpha value is -2.60. The molecule has 0 bridgehead atoms. The molecule has 3 N–H and O–H groups in total. The van der Waals surface area contributed by atoms with E-state index in [1.165, 1.54) is 18.3 Å². The van der Waals surface area contributed by atoms with E-state index in [1.54, 1.807) is 12.1 Å². The minimum atomic E-state index is -0.212. The fourth-order valence-electron chi connectivity index (χ4n) is 3.15. The molecule has 1 amide bonds. The molecule has 2 heterocycles. The van der Waals surface area contributed by atoms with Crippen molar-refractivity contribution in [2.24, 2.45) is 5.92 Å². The Morgan fingerprint density at radius 2 is 2.04 bits per heavy atom. The second kappa shape index (κ2) is 7.98. The van der Waals surface area contributed by atoms with E-state index in [-0.39, 0.29) is 11.5 Å². The number of piperidine rings is 1. The molecule has 3 rings (SSSR count). The number of carbonyl (C=O) groups is 1. The average Bonchev–Trinajstić information content (AvgIpc) is 2.61. The van der Waals surface area contributed by atoms with Crippen LogP contribution in [0.3, 0.4) is 0 Å². The van der Waals surface area contributed by atoms with Crippen LogP contribution in [-0.2, 0) is 6.54 Å². The number of pyridine rings is 1. The molecule has 0 radical (unpaired) electrons. The molecule has 1 aliphatic heterocycles. The number of likely N-dealkylation sites (tertiary alicyclic amines) is 1. The van der Waals surface area contributed by atoms with E-state index in [2.05, 4.69) is 15.2 Å². The molecule has 0 atom stereocenters. The maximum absolute atomic E-state index is 12.1. The van der Waals surface area contributed by atoms with Crippen LogP contribution in [0.25, 0.3) is 0 Å². The van der Waals surface area contributed by atoms with Gasteiger partial charge in [0.05, 0.1) is 5.56 Å². The van der Waals surface area contributed by atoms with Gasteiger partial charge in [-0.1, -0.05) is 12.1 Å². The van der Waals surface area contributed by atoms with Crippen LogP contribution in [0.5, 0.6) is 5.75 Å². The lowest BCUT2D eigenvalue weighted by molar-refractivity contribution is 0.0935. The Morgan fingerprint density at radius 3 is 2.72 bits per heavy atom. The molecule has 25 heavy (non-hydrogen) atoms. The van der Waals surface area contributed by atoms with Gasteiger partial charge >= 0.3 is 0 Å². The van der Waals surface area contributed by atoms with Crippen LogP contribution in [0.15, 0.2) is 47.4 Å². The number of amides is 1. The van der Waals surface area contributed by atoms with Crippen LogP contribution >= 0.6 is 0 Å². The highest BCUT2D eigenvalue weighted by molar-refractivity contribution is 5.93. The van der Waals surface area contributed by atoms with Gasteiger partial charge in [-0.25, -0.2) is 0 Å². The number of aromatic amines is 1. The van der Waals surface area contributed by atoms with Gasteiger partial charge in [-0.05, 0) is 55.6 Å². The van der Waals surface area contributed by atoms with Crippen LogP contribution in [0.1, 0.15) is 28.8 Å². The van der Waals surface area contributed by atoms with E-state index in [4.69, 9.17) is 0 Å². The second-order valence-corrected chi connectivity index (χ2v) is 6.54. The third-order valence-corrected chi connectivity index (χ3v) is 4.62. The molecule has 0 aliphatic carbocycles. The molecule has 6 heteroatoms. The van der Waals surface area contributed by atoms with E-state index in [9.17, 15) is 14.7 Å². The van der Waals surface area contributed by atoms with Crippen molar-refractivity contribution in [1.82, 2.24) is 15.2 Å². The predicted octanol–water partition coefficient (Wildman–Crippen LogP) is 1.72. The first-order valence-electron chi connectivity index (χ1n) is 8.57. The van der Waals surface area contributed by atoms with Crippen molar-refractivity contribution in [3.8, 4) is 5.75 Å². The number of rotatable bonds is 5. The quantitative estimate of drug-likeness (QED) is 0.773. The Morgan fingerprint density at radius 1 is 1.24 bits per heavy atom. The van der Waals surface area contributed by atoms with Crippen LogP contribution in [0.4, 0.5) is 0 Å². The summed E-state index contributed by atoms with van der Waals surface area (Å²) >= 11 is 0. The minimum absolute atomic E-state index is 0.154. The van der Waals surface area contributed by atoms with Crippen LogP contribution in [-0.4, -0.2) is 40.5 Å². The highest BCUT2D eigenvalue weighted by Gasteiger charge is 2.20. The highest BCUT2D eigenvalue weighted by Crippen LogP contribution is 2.20. The number of nitrogens with zero attached hydrogens (tertiary/aromatic N) is 1. The van der Waals surface area contributed by atoms with Crippen molar-refractivity contribution < 1.29 is 9.90 Å². The first-order valence-corrected chi connectivity index (χ1v) is 8.57. The van der Waals surface area contributed by atoms with Crippen molar-refractivity contribution in [1.29, 1.82) is 0 Å². The van der Waals surface area contributed by atoms with Gasteiger partial charge in [0.15, 0.2) is 0 Å². The summed E-state index contributed by atoms with van der Waals surface area (Å²) in [4.78, 5) is 28.0. The molecular formula is C19H23N3O3. The van der Waals surface area contributed by atoms with Crippen molar-refractivity contribution in [3.63, 3.8) is 0 Å². The Bertz CT molecular complexity index is 759. The molecule has 1 aromatic heterocycles. The van der Waals surface area contributed by atoms with Gasteiger partial charge in [0.2, 0.25) is 5.56 Å². The number of hydrogen-bond acceptors (Lipinski definition) is 4. The molecule has 1 fully saturated rings. The molecule has 2 aromatic rings. The van der Waals surface area contributed by atoms with Crippen LogP contribution < -0.4 is 10.9 Å². The van der Waals surface area contributed by atoms with E-state index in [0.29, 0.717) is 23.8 Å². The molecule has 0 spiro atoms. The average molecular weight is 341 g/mol. The number of aromatic hydroxyl groups is 1. The lowest BCUT2D eigenvalue weighted by Gasteiger charge is -2.32. The smallest absolute Gasteiger partial charge is 0.252 e. The maximum Gasteiger partial charge on any atom is 0.252 e. The standard InChI is InChI=1S/C19H23N3O3/c23-17-3-1-2-15(10-17)13-22-8-6-14(7-9-22)11-21-19(25)16-4-5-18(24)20-12-16/h1-5,10,12,14,23H,6-9,11,13H2,(H,20,24)(H,21,25). The topological polar surface area (TPSA) is 85.4 Å². The summed E-state index contributed by atoms with van der Waals surface area (Å²) in [7, 11) is 0. The van der Waals surface area contributed by atoms with Gasteiger partial charge in [0, 0.05) is 25.4 Å². The fraction of sp³-hybridized carbons (Fsp3) is 0.368. The zero-order valence-electron chi connectivity index (χ0n) is 14.1. The molecule has 1 saturated heterocycles. The highest BCUT2D eigenvalue weighted by atomic mass is 16.3. The monoisotopic (exact) mass is 341 g/mol. The number of phenolic OH excluding ortho intramolecular Hbond substituents is 1. The van der Waals surface area contributed by atoms with Crippen molar-refractivity contribution in [2.45, 2.75) is 19.4 Å². The SMILES string of the molecule is O=C(NCC1CCN(Cc2cccc(O)c2)CC1)c1ccc(=O)[nH]c1. The van der Waals surface area contributed by atoms with E-state index in [1.807, 2.05) is 12.1 Å². The summed E-state index contributed by atoms with van der Waals surface area (Å²) in [6.45, 7) is 3.45. The molecule has 6 nitrogen and oxygen atoms in total. The lowest BCUT2D eigenvalue weighted by Crippen LogP contribution is -2.38. The Balaban J connectivity index is 1.42. The third kappa shape index (κ3) is 4.93. The first-order chi connectivity index (χ1) is 12.1. The van der Waals surface area contributed by atoms with Crippen molar-refractivity contribution in [2.75, 3.05) is 19.6 Å². The summed E-state index contributed by atoms with van der Waals surface area (Å²) in [6.07, 6.45) is 3.50. The molecule has 1 aromatic carbocycles. The number of hydrogen-bond donors (Lipinski definition) is 3. The number of H-pyrrole nitrogens is 1. The number of benzene rings is 1. The summed E-state index contributed by atoms with van der Waals surface area (Å²) in [5.74, 6) is 0.614. The van der Waals surface area contributed by atoms with Gasteiger partial charge in [-0.15, -0.1) is 0 Å². The number of aromatic nitrogens is 1. The van der Waals surface area contributed by atoms with Gasteiger partial charge < -0.3 is 15.4 Å². The summed E-state index contributed by atoms with van der Waals surface area (Å²) < 4.78 is 0. The summed E-state index contributed by atoms with van der Waals surface area (Å²) in [5.41, 5.74) is 1.38. The number of phenols is 1. The van der Waals surface area contributed by atoms with Crippen LogP contribution in [0.2, 0.25) is 0 Å². The molecule has 132 valence electrons. The second-order valence-electron chi connectivity index (χ2n) is 6.54. The minimum Gasteiger partial charge on any atom is -0.508 e. The van der Waals surface area contributed by atoms with E-state index >= 15 is 0 Å². The molecule has 0 saturated carbocycles. The lowest BCUT2D eigenvalue weighted by atomic mass is 9.96. The largest absolute Gasteiger partial charge is 0.508 e. The molecule has 1 aliphatic rings. The Kier molecular flexibility index (Phi) is 5.50. The van der Waals surface area contributed by atoms with Crippen LogP contribution in [0, 0.1) is 5.92 Å². The maximum atomic E-state index is 12.1. The zero-order valence-corrected chi connectivity index (χ0v) is 14.1. The fourth-order valence-corrected chi connectivity index (χ4v) is 3.15. The van der Waals surface area contributed by atoms with Crippen molar-refractivity contribution >= 4 is 5.91 Å². The molecule has 0 unspecified atom stereocenters.